The molecule has 1 fully saturated rings. The Morgan fingerprint density at radius 3 is 2.67 bits per heavy atom. The van der Waals surface area contributed by atoms with E-state index in [1.165, 1.54) is 18.4 Å². The summed E-state index contributed by atoms with van der Waals surface area (Å²) in [6.45, 7) is 4.45. The van der Waals surface area contributed by atoms with Crippen molar-refractivity contribution in [2.24, 2.45) is 16.7 Å². The number of aliphatic hydroxyl groups is 2. The highest BCUT2D eigenvalue weighted by molar-refractivity contribution is 7.15. The molecule has 1 saturated carbocycles. The van der Waals surface area contributed by atoms with Crippen LogP contribution in [-0.4, -0.2) is 65.4 Å². The fourth-order valence-electron chi connectivity index (χ4n) is 6.26. The number of aliphatic hydroxyl groups excluding tert-OH is 2. The normalized spacial score (nSPS) is 29.2. The predicted molar refractivity (Wildman–Crippen MR) is 139 cm³/mol. The molecule has 0 aliphatic heterocycles. The number of amides is 2. The molecular weight excluding hydrogens is 478 g/mol. The third-order valence-electron chi connectivity index (χ3n) is 8.48. The van der Waals surface area contributed by atoms with E-state index in [1.807, 2.05) is 44.3 Å². The number of carbonyl (C=O) groups is 2. The quantitative estimate of drug-likeness (QED) is 0.498. The summed E-state index contributed by atoms with van der Waals surface area (Å²) >= 11 is 1.41. The van der Waals surface area contributed by atoms with Gasteiger partial charge in [0.25, 0.3) is 5.91 Å². The molecule has 1 aromatic carbocycles. The van der Waals surface area contributed by atoms with E-state index in [0.717, 1.165) is 22.6 Å². The van der Waals surface area contributed by atoms with E-state index in [0.29, 0.717) is 24.5 Å². The van der Waals surface area contributed by atoms with E-state index in [2.05, 4.69) is 12.2 Å². The first-order chi connectivity index (χ1) is 17.1. The van der Waals surface area contributed by atoms with Crippen LogP contribution in [0.25, 0.3) is 0 Å². The number of methoxy groups -OCH3 is 1. The predicted octanol–water partition coefficient (Wildman–Crippen LogP) is 3.19. The van der Waals surface area contributed by atoms with Crippen molar-refractivity contribution in [3.63, 3.8) is 0 Å². The molecule has 3 N–H and O–H groups in total. The third-order valence-corrected chi connectivity index (χ3v) is 9.49. The van der Waals surface area contributed by atoms with Crippen molar-refractivity contribution >= 4 is 28.3 Å². The summed E-state index contributed by atoms with van der Waals surface area (Å²) in [5.74, 6) is -0.490. The van der Waals surface area contributed by atoms with Crippen molar-refractivity contribution in [1.82, 2.24) is 9.88 Å². The zero-order chi connectivity index (χ0) is 26.1. The standard InChI is InChI=1S/C27H37N3O5S/c1-26-11-10-21(32)27(2,16-31)20(26)13-19-24(29-25(36-19)28-22(33)15-35-4)18(26)12-23(34)30(3)14-17-8-6-5-7-9-17/h5-9,18,20-21,31-32H,10-16H2,1-4H3,(H,28,29,33). The zero-order valence-electron chi connectivity index (χ0n) is 21.5. The summed E-state index contributed by atoms with van der Waals surface area (Å²) in [6.07, 6.45) is 1.59. The molecule has 196 valence electrons. The van der Waals surface area contributed by atoms with Gasteiger partial charge in [-0.15, -0.1) is 11.3 Å². The van der Waals surface area contributed by atoms with Crippen LogP contribution in [0, 0.1) is 16.7 Å². The Morgan fingerprint density at radius 1 is 1.28 bits per heavy atom. The maximum atomic E-state index is 13.5. The Bertz CT molecular complexity index is 1090. The Kier molecular flexibility index (Phi) is 7.85. The molecule has 1 aromatic heterocycles. The summed E-state index contributed by atoms with van der Waals surface area (Å²) in [6, 6.07) is 9.89. The van der Waals surface area contributed by atoms with Crippen molar-refractivity contribution in [3.8, 4) is 0 Å². The number of ether oxygens (including phenoxy) is 1. The minimum Gasteiger partial charge on any atom is -0.396 e. The smallest absolute Gasteiger partial charge is 0.252 e. The lowest BCUT2D eigenvalue weighted by atomic mass is 9.47. The molecule has 8 nitrogen and oxygen atoms in total. The summed E-state index contributed by atoms with van der Waals surface area (Å²) in [4.78, 5) is 33.2. The number of aromatic nitrogens is 1. The van der Waals surface area contributed by atoms with Crippen LogP contribution in [0.3, 0.4) is 0 Å². The Labute approximate surface area is 216 Å². The number of benzene rings is 1. The molecular formula is C27H37N3O5S. The number of fused-ring (bicyclic) bond motifs is 2. The van der Waals surface area contributed by atoms with Gasteiger partial charge in [0.05, 0.1) is 18.4 Å². The molecule has 5 unspecified atom stereocenters. The van der Waals surface area contributed by atoms with Gasteiger partial charge in [0.2, 0.25) is 5.91 Å². The van der Waals surface area contributed by atoms with Gasteiger partial charge in [-0.05, 0) is 36.2 Å². The molecule has 1 heterocycles. The SMILES string of the molecule is COCC(=O)Nc1nc2c(s1)CC1C(C)(CO)C(O)CCC1(C)C2CC(=O)N(C)Cc1ccccc1. The van der Waals surface area contributed by atoms with Gasteiger partial charge in [-0.25, -0.2) is 4.98 Å². The molecule has 4 rings (SSSR count). The summed E-state index contributed by atoms with van der Waals surface area (Å²) in [5.41, 5.74) is 0.886. The highest BCUT2D eigenvalue weighted by Gasteiger charge is 2.59. The minimum atomic E-state index is -0.689. The molecule has 9 heteroatoms. The van der Waals surface area contributed by atoms with Crippen molar-refractivity contribution in [2.75, 3.05) is 32.7 Å². The van der Waals surface area contributed by atoms with Crippen molar-refractivity contribution in [1.29, 1.82) is 0 Å². The van der Waals surface area contributed by atoms with Crippen molar-refractivity contribution < 1.29 is 24.5 Å². The molecule has 0 bridgehead atoms. The van der Waals surface area contributed by atoms with Crippen LogP contribution < -0.4 is 5.32 Å². The summed E-state index contributed by atoms with van der Waals surface area (Å²) < 4.78 is 4.93. The number of nitrogens with one attached hydrogen (secondary N) is 1. The monoisotopic (exact) mass is 515 g/mol. The largest absolute Gasteiger partial charge is 0.396 e. The first kappa shape index (κ1) is 26.7. The van der Waals surface area contributed by atoms with Gasteiger partial charge in [-0.2, -0.15) is 0 Å². The average Bonchev–Trinajstić information content (AvgIpc) is 3.25. The fourth-order valence-corrected chi connectivity index (χ4v) is 7.35. The van der Waals surface area contributed by atoms with Gasteiger partial charge < -0.3 is 19.8 Å². The van der Waals surface area contributed by atoms with Gasteiger partial charge in [-0.1, -0.05) is 44.2 Å². The molecule has 2 amide bonds. The van der Waals surface area contributed by atoms with Crippen LogP contribution in [0.2, 0.25) is 0 Å². The first-order valence-electron chi connectivity index (χ1n) is 12.5. The van der Waals surface area contributed by atoms with E-state index in [4.69, 9.17) is 9.72 Å². The molecule has 2 aromatic rings. The number of nitrogens with zero attached hydrogens (tertiary/aromatic N) is 2. The highest BCUT2D eigenvalue weighted by Crippen LogP contribution is 2.62. The average molecular weight is 516 g/mol. The number of anilines is 1. The molecule has 2 aliphatic rings. The topological polar surface area (TPSA) is 112 Å². The van der Waals surface area contributed by atoms with Crippen LogP contribution >= 0.6 is 11.3 Å². The number of hydrogen-bond donors (Lipinski definition) is 3. The van der Waals surface area contributed by atoms with Crippen LogP contribution in [0.15, 0.2) is 30.3 Å². The van der Waals surface area contributed by atoms with Gasteiger partial charge in [-0.3, -0.25) is 14.9 Å². The van der Waals surface area contributed by atoms with Gasteiger partial charge in [0.15, 0.2) is 5.13 Å². The van der Waals surface area contributed by atoms with Crippen LogP contribution in [-0.2, 0) is 27.3 Å². The minimum absolute atomic E-state index is 0.0199. The second kappa shape index (κ2) is 10.6. The molecule has 5 atom stereocenters. The lowest BCUT2D eigenvalue weighted by Crippen LogP contribution is -2.57. The molecule has 2 aliphatic carbocycles. The molecule has 0 spiro atoms. The lowest BCUT2D eigenvalue weighted by molar-refractivity contribution is -0.147. The Morgan fingerprint density at radius 2 is 2.00 bits per heavy atom. The zero-order valence-corrected chi connectivity index (χ0v) is 22.3. The van der Waals surface area contributed by atoms with E-state index in [-0.39, 0.29) is 48.7 Å². The highest BCUT2D eigenvalue weighted by atomic mass is 32.1. The Hall–Kier alpha value is -2.33. The van der Waals surface area contributed by atoms with E-state index < -0.39 is 11.5 Å². The fraction of sp³-hybridized carbons (Fsp3) is 0.593. The summed E-state index contributed by atoms with van der Waals surface area (Å²) in [7, 11) is 3.28. The van der Waals surface area contributed by atoms with E-state index in [9.17, 15) is 19.8 Å². The summed E-state index contributed by atoms with van der Waals surface area (Å²) in [5, 5.41) is 24.6. The van der Waals surface area contributed by atoms with Crippen LogP contribution in [0.1, 0.15) is 55.2 Å². The number of carbonyl (C=O) groups excluding carboxylic acids is 2. The van der Waals surface area contributed by atoms with E-state index in [1.54, 1.807) is 4.90 Å². The third kappa shape index (κ3) is 4.94. The van der Waals surface area contributed by atoms with Gasteiger partial charge in [0.1, 0.15) is 6.61 Å². The van der Waals surface area contributed by atoms with Crippen molar-refractivity contribution in [2.45, 2.75) is 58.1 Å². The maximum absolute atomic E-state index is 13.5. The second-order valence-corrected chi connectivity index (χ2v) is 11.9. The molecule has 0 radical (unpaired) electrons. The maximum Gasteiger partial charge on any atom is 0.252 e. The molecule has 36 heavy (non-hydrogen) atoms. The number of hydrogen-bond acceptors (Lipinski definition) is 7. The molecule has 0 saturated heterocycles. The number of rotatable bonds is 8. The van der Waals surface area contributed by atoms with Crippen molar-refractivity contribution in [3.05, 3.63) is 46.5 Å². The van der Waals surface area contributed by atoms with Crippen LogP contribution in [0.4, 0.5) is 5.13 Å². The Balaban J connectivity index is 1.67. The first-order valence-corrected chi connectivity index (χ1v) is 13.3. The van der Waals surface area contributed by atoms with Gasteiger partial charge in [0, 0.05) is 43.3 Å². The van der Waals surface area contributed by atoms with Gasteiger partial charge >= 0.3 is 0 Å². The number of thiazole rings is 1. The van der Waals surface area contributed by atoms with Crippen LogP contribution in [0.5, 0.6) is 0 Å². The lowest BCUT2D eigenvalue weighted by Gasteiger charge is -2.58. The second-order valence-electron chi connectivity index (χ2n) is 10.8. The van der Waals surface area contributed by atoms with E-state index >= 15 is 0 Å².